The van der Waals surface area contributed by atoms with Gasteiger partial charge in [0, 0.05) is 12.6 Å². The lowest BCUT2D eigenvalue weighted by Gasteiger charge is -2.14. The lowest BCUT2D eigenvalue weighted by atomic mass is 10.1. The van der Waals surface area contributed by atoms with Gasteiger partial charge in [-0.25, -0.2) is 0 Å². The summed E-state index contributed by atoms with van der Waals surface area (Å²) in [5.41, 5.74) is 0. The van der Waals surface area contributed by atoms with E-state index in [-0.39, 0.29) is 11.9 Å². The van der Waals surface area contributed by atoms with E-state index in [4.69, 9.17) is 5.11 Å². The Balaban J connectivity index is 2.24. The van der Waals surface area contributed by atoms with E-state index >= 15 is 0 Å². The first kappa shape index (κ1) is 9.48. The van der Waals surface area contributed by atoms with E-state index in [0.29, 0.717) is 0 Å². The zero-order valence-corrected chi connectivity index (χ0v) is 7.18. The first-order valence-electron chi connectivity index (χ1n) is 4.44. The van der Waals surface area contributed by atoms with Crippen LogP contribution >= 0.6 is 0 Å². The average Bonchev–Trinajstić information content (AvgIpc) is 2.33. The van der Waals surface area contributed by atoms with Crippen LogP contribution in [0.5, 0.6) is 0 Å². The molecule has 1 saturated heterocycles. The molecule has 0 aliphatic carbocycles. The second-order valence-corrected chi connectivity index (χ2v) is 3.12. The molecule has 0 bridgehead atoms. The van der Waals surface area contributed by atoms with Gasteiger partial charge in [0.15, 0.2) is 0 Å². The van der Waals surface area contributed by atoms with Gasteiger partial charge < -0.3 is 15.7 Å². The highest BCUT2D eigenvalue weighted by Crippen LogP contribution is 2.03. The molecule has 0 spiro atoms. The van der Waals surface area contributed by atoms with Crippen LogP contribution < -0.4 is 10.6 Å². The predicted octanol–water partition coefficient (Wildman–Crippen LogP) is -0.763. The minimum atomic E-state index is -0.406. The molecule has 1 rings (SSSR count). The van der Waals surface area contributed by atoms with Crippen molar-refractivity contribution in [1.82, 2.24) is 10.6 Å². The van der Waals surface area contributed by atoms with E-state index in [1.54, 1.807) is 0 Å². The van der Waals surface area contributed by atoms with Crippen molar-refractivity contribution in [3.63, 3.8) is 0 Å². The summed E-state index contributed by atoms with van der Waals surface area (Å²) < 4.78 is 0. The standard InChI is InChI=1S/C8H16N2O2/c11-6-8(12)10-7-3-1-2-4-9-5-7/h7,9,11H,1-6H2,(H,10,12). The molecular formula is C8H16N2O2. The van der Waals surface area contributed by atoms with Gasteiger partial charge in [0.25, 0.3) is 0 Å². The lowest BCUT2D eigenvalue weighted by Crippen LogP contribution is -2.41. The molecule has 0 aromatic heterocycles. The molecule has 1 aliphatic heterocycles. The summed E-state index contributed by atoms with van der Waals surface area (Å²) in [4.78, 5) is 10.8. The van der Waals surface area contributed by atoms with Gasteiger partial charge in [0.05, 0.1) is 0 Å². The van der Waals surface area contributed by atoms with Gasteiger partial charge in [0.1, 0.15) is 6.61 Å². The Morgan fingerprint density at radius 2 is 2.42 bits per heavy atom. The number of amides is 1. The molecule has 1 amide bonds. The van der Waals surface area contributed by atoms with Crippen molar-refractivity contribution in [2.75, 3.05) is 19.7 Å². The van der Waals surface area contributed by atoms with Crippen LogP contribution in [0.2, 0.25) is 0 Å². The Bertz CT molecular complexity index is 142. The van der Waals surface area contributed by atoms with Crippen LogP contribution in [0, 0.1) is 0 Å². The maximum absolute atomic E-state index is 10.8. The van der Waals surface area contributed by atoms with Crippen LogP contribution in [-0.4, -0.2) is 36.8 Å². The molecular weight excluding hydrogens is 156 g/mol. The van der Waals surface area contributed by atoms with Crippen LogP contribution in [-0.2, 0) is 4.79 Å². The third-order valence-corrected chi connectivity index (χ3v) is 2.06. The highest BCUT2D eigenvalue weighted by atomic mass is 16.3. The SMILES string of the molecule is O=C(CO)NC1CCCCNC1. The molecule has 3 N–H and O–H groups in total. The topological polar surface area (TPSA) is 61.4 Å². The maximum Gasteiger partial charge on any atom is 0.245 e. The van der Waals surface area contributed by atoms with Gasteiger partial charge in [-0.2, -0.15) is 0 Å². The quantitative estimate of drug-likeness (QED) is 0.513. The zero-order valence-electron chi connectivity index (χ0n) is 7.18. The molecule has 1 aliphatic rings. The molecule has 4 nitrogen and oxygen atoms in total. The van der Waals surface area contributed by atoms with Gasteiger partial charge in [-0.1, -0.05) is 6.42 Å². The van der Waals surface area contributed by atoms with E-state index in [9.17, 15) is 4.79 Å². The largest absolute Gasteiger partial charge is 0.387 e. The van der Waals surface area contributed by atoms with E-state index < -0.39 is 6.61 Å². The number of aliphatic hydroxyl groups is 1. The number of rotatable bonds is 2. The van der Waals surface area contributed by atoms with Crippen molar-refractivity contribution in [3.05, 3.63) is 0 Å². The van der Waals surface area contributed by atoms with Crippen molar-refractivity contribution in [2.24, 2.45) is 0 Å². The molecule has 1 atom stereocenters. The molecule has 12 heavy (non-hydrogen) atoms. The molecule has 1 heterocycles. The third-order valence-electron chi connectivity index (χ3n) is 2.06. The van der Waals surface area contributed by atoms with Crippen molar-refractivity contribution >= 4 is 5.91 Å². The smallest absolute Gasteiger partial charge is 0.245 e. The van der Waals surface area contributed by atoms with Crippen LogP contribution in [0.1, 0.15) is 19.3 Å². The van der Waals surface area contributed by atoms with Gasteiger partial charge in [0.2, 0.25) is 5.91 Å². The Kier molecular flexibility index (Phi) is 4.04. The van der Waals surface area contributed by atoms with Crippen LogP contribution in [0.15, 0.2) is 0 Å². The molecule has 0 saturated carbocycles. The summed E-state index contributed by atoms with van der Waals surface area (Å²) >= 11 is 0. The Labute approximate surface area is 72.3 Å². The second kappa shape index (κ2) is 5.11. The molecule has 0 aromatic carbocycles. The molecule has 70 valence electrons. The summed E-state index contributed by atoms with van der Waals surface area (Å²) in [6, 6.07) is 0.201. The van der Waals surface area contributed by atoms with Crippen LogP contribution in [0.4, 0.5) is 0 Å². The Morgan fingerprint density at radius 1 is 1.58 bits per heavy atom. The summed E-state index contributed by atoms with van der Waals surface area (Å²) in [6.45, 7) is 1.45. The van der Waals surface area contributed by atoms with Gasteiger partial charge in [-0.3, -0.25) is 4.79 Å². The maximum atomic E-state index is 10.8. The van der Waals surface area contributed by atoms with Crippen LogP contribution in [0.25, 0.3) is 0 Å². The van der Waals surface area contributed by atoms with E-state index in [0.717, 1.165) is 25.9 Å². The highest BCUT2D eigenvalue weighted by Gasteiger charge is 2.12. The zero-order chi connectivity index (χ0) is 8.81. The Hall–Kier alpha value is -0.610. The van der Waals surface area contributed by atoms with Crippen molar-refractivity contribution in [1.29, 1.82) is 0 Å². The minimum Gasteiger partial charge on any atom is -0.387 e. The number of carbonyl (C=O) groups is 1. The minimum absolute atomic E-state index is 0.201. The number of hydrogen-bond donors (Lipinski definition) is 3. The lowest BCUT2D eigenvalue weighted by molar-refractivity contribution is -0.124. The fourth-order valence-corrected chi connectivity index (χ4v) is 1.42. The summed E-state index contributed by atoms with van der Waals surface area (Å²) in [5.74, 6) is -0.274. The number of aliphatic hydroxyl groups excluding tert-OH is 1. The predicted molar refractivity (Wildman–Crippen MR) is 45.7 cm³/mol. The van der Waals surface area contributed by atoms with Gasteiger partial charge in [-0.15, -0.1) is 0 Å². The Morgan fingerprint density at radius 3 is 3.17 bits per heavy atom. The third kappa shape index (κ3) is 3.19. The number of nitrogens with one attached hydrogen (secondary N) is 2. The summed E-state index contributed by atoms with van der Waals surface area (Å²) in [5, 5.41) is 14.5. The fraction of sp³-hybridized carbons (Fsp3) is 0.875. The normalized spacial score (nSPS) is 24.6. The first-order chi connectivity index (χ1) is 5.83. The average molecular weight is 172 g/mol. The second-order valence-electron chi connectivity index (χ2n) is 3.12. The fourth-order valence-electron chi connectivity index (χ4n) is 1.42. The molecule has 1 fully saturated rings. The van der Waals surface area contributed by atoms with Crippen molar-refractivity contribution in [3.8, 4) is 0 Å². The van der Waals surface area contributed by atoms with Crippen molar-refractivity contribution < 1.29 is 9.90 Å². The number of hydrogen-bond acceptors (Lipinski definition) is 3. The molecule has 0 aromatic rings. The highest BCUT2D eigenvalue weighted by molar-refractivity contribution is 5.77. The van der Waals surface area contributed by atoms with Gasteiger partial charge in [-0.05, 0) is 19.4 Å². The van der Waals surface area contributed by atoms with E-state index in [2.05, 4.69) is 10.6 Å². The van der Waals surface area contributed by atoms with Crippen LogP contribution in [0.3, 0.4) is 0 Å². The van der Waals surface area contributed by atoms with Crippen molar-refractivity contribution in [2.45, 2.75) is 25.3 Å². The molecule has 0 radical (unpaired) electrons. The monoisotopic (exact) mass is 172 g/mol. The first-order valence-corrected chi connectivity index (χ1v) is 4.44. The van der Waals surface area contributed by atoms with E-state index in [1.165, 1.54) is 6.42 Å². The number of carbonyl (C=O) groups excluding carboxylic acids is 1. The summed E-state index contributed by atoms with van der Waals surface area (Å²) in [7, 11) is 0. The molecule has 1 unspecified atom stereocenters. The van der Waals surface area contributed by atoms with E-state index in [1.807, 2.05) is 0 Å². The summed E-state index contributed by atoms with van der Waals surface area (Å²) in [6.07, 6.45) is 3.33. The van der Waals surface area contributed by atoms with Gasteiger partial charge >= 0.3 is 0 Å². The molecule has 4 heteroatoms.